The standard InChI is InChI=1S/C12H18N2O2/c13-12(14)6-3-9-16-11-5-2-1-4-10(11)7-8-15/h1-2,4-5,15H,3,6-9H2,(H3,13,14). The van der Waals surface area contributed by atoms with Crippen LogP contribution >= 0.6 is 0 Å². The molecule has 1 aromatic rings. The molecule has 0 aliphatic heterocycles. The predicted octanol–water partition coefficient (Wildman–Crippen LogP) is 1.32. The van der Waals surface area contributed by atoms with Crippen LogP contribution in [-0.2, 0) is 6.42 Å². The van der Waals surface area contributed by atoms with Gasteiger partial charge in [-0.3, -0.25) is 5.41 Å². The van der Waals surface area contributed by atoms with Gasteiger partial charge in [-0.2, -0.15) is 0 Å². The number of nitrogens with two attached hydrogens (primary N) is 1. The van der Waals surface area contributed by atoms with Crippen LogP contribution in [0.25, 0.3) is 0 Å². The number of amidine groups is 1. The van der Waals surface area contributed by atoms with E-state index in [1.807, 2.05) is 24.3 Å². The van der Waals surface area contributed by atoms with Crippen molar-refractivity contribution in [3.63, 3.8) is 0 Å². The van der Waals surface area contributed by atoms with Gasteiger partial charge in [0.05, 0.1) is 12.4 Å². The van der Waals surface area contributed by atoms with Crippen LogP contribution < -0.4 is 10.5 Å². The maximum absolute atomic E-state index is 8.89. The van der Waals surface area contributed by atoms with Gasteiger partial charge in [0.1, 0.15) is 5.75 Å². The van der Waals surface area contributed by atoms with E-state index in [0.717, 1.165) is 17.7 Å². The molecule has 0 saturated carbocycles. The summed E-state index contributed by atoms with van der Waals surface area (Å²) >= 11 is 0. The van der Waals surface area contributed by atoms with E-state index in [-0.39, 0.29) is 12.4 Å². The molecule has 88 valence electrons. The molecule has 1 aromatic carbocycles. The number of ether oxygens (including phenoxy) is 1. The summed E-state index contributed by atoms with van der Waals surface area (Å²) in [6, 6.07) is 7.66. The predicted molar refractivity (Wildman–Crippen MR) is 63.9 cm³/mol. The molecule has 4 heteroatoms. The Morgan fingerprint density at radius 2 is 2.12 bits per heavy atom. The molecule has 4 N–H and O–H groups in total. The Morgan fingerprint density at radius 1 is 1.38 bits per heavy atom. The van der Waals surface area contributed by atoms with Crippen LogP contribution in [0.1, 0.15) is 18.4 Å². The van der Waals surface area contributed by atoms with Gasteiger partial charge in [0.15, 0.2) is 0 Å². The fourth-order valence-corrected chi connectivity index (χ4v) is 1.42. The lowest BCUT2D eigenvalue weighted by Gasteiger charge is -2.10. The number of hydrogen-bond acceptors (Lipinski definition) is 3. The maximum Gasteiger partial charge on any atom is 0.122 e. The Hall–Kier alpha value is -1.55. The Morgan fingerprint density at radius 3 is 2.81 bits per heavy atom. The number of hydrogen-bond donors (Lipinski definition) is 3. The number of benzene rings is 1. The second kappa shape index (κ2) is 6.85. The monoisotopic (exact) mass is 222 g/mol. The highest BCUT2D eigenvalue weighted by Gasteiger charge is 2.01. The highest BCUT2D eigenvalue weighted by atomic mass is 16.5. The normalized spacial score (nSPS) is 10.1. The molecule has 0 aliphatic rings. The van der Waals surface area contributed by atoms with E-state index in [1.54, 1.807) is 0 Å². The first kappa shape index (κ1) is 12.5. The Balaban J connectivity index is 2.43. The van der Waals surface area contributed by atoms with Gasteiger partial charge in [-0.05, 0) is 24.5 Å². The van der Waals surface area contributed by atoms with E-state index in [4.69, 9.17) is 21.0 Å². The van der Waals surface area contributed by atoms with Crippen molar-refractivity contribution >= 4 is 5.84 Å². The minimum atomic E-state index is 0.119. The maximum atomic E-state index is 8.89. The third kappa shape index (κ3) is 4.31. The molecular formula is C12H18N2O2. The molecule has 0 spiro atoms. The molecule has 0 heterocycles. The van der Waals surface area contributed by atoms with Gasteiger partial charge >= 0.3 is 0 Å². The summed E-state index contributed by atoms with van der Waals surface area (Å²) in [5.41, 5.74) is 6.25. The van der Waals surface area contributed by atoms with Gasteiger partial charge in [0, 0.05) is 13.0 Å². The molecule has 0 saturated heterocycles. The van der Waals surface area contributed by atoms with Gasteiger partial charge in [-0.15, -0.1) is 0 Å². The Kier molecular flexibility index (Phi) is 5.36. The average Bonchev–Trinajstić information content (AvgIpc) is 2.26. The Labute approximate surface area is 95.6 Å². The quantitative estimate of drug-likeness (QED) is 0.370. The third-order valence-corrected chi connectivity index (χ3v) is 2.20. The summed E-state index contributed by atoms with van der Waals surface area (Å²) < 4.78 is 5.58. The minimum Gasteiger partial charge on any atom is -0.493 e. The zero-order chi connectivity index (χ0) is 11.8. The molecule has 4 nitrogen and oxygen atoms in total. The minimum absolute atomic E-state index is 0.119. The lowest BCUT2D eigenvalue weighted by molar-refractivity contribution is 0.287. The van der Waals surface area contributed by atoms with Crippen LogP contribution in [0.3, 0.4) is 0 Å². The first-order valence-electron chi connectivity index (χ1n) is 5.38. The van der Waals surface area contributed by atoms with Gasteiger partial charge in [0.25, 0.3) is 0 Å². The lowest BCUT2D eigenvalue weighted by Crippen LogP contribution is -2.11. The van der Waals surface area contributed by atoms with E-state index in [1.165, 1.54) is 0 Å². The van der Waals surface area contributed by atoms with Gasteiger partial charge < -0.3 is 15.6 Å². The smallest absolute Gasteiger partial charge is 0.122 e. The zero-order valence-electron chi connectivity index (χ0n) is 9.28. The molecule has 0 radical (unpaired) electrons. The first-order valence-corrected chi connectivity index (χ1v) is 5.38. The summed E-state index contributed by atoms with van der Waals surface area (Å²) in [7, 11) is 0. The lowest BCUT2D eigenvalue weighted by atomic mass is 10.1. The van der Waals surface area contributed by atoms with E-state index in [2.05, 4.69) is 0 Å². The van der Waals surface area contributed by atoms with Crippen LogP contribution in [-0.4, -0.2) is 24.2 Å². The van der Waals surface area contributed by atoms with Crippen molar-refractivity contribution in [2.75, 3.05) is 13.2 Å². The zero-order valence-corrected chi connectivity index (χ0v) is 9.28. The number of aliphatic hydroxyl groups excluding tert-OH is 1. The molecule has 0 aliphatic carbocycles. The molecule has 0 bridgehead atoms. The summed E-state index contributed by atoms with van der Waals surface area (Å²) in [6.45, 7) is 0.663. The van der Waals surface area contributed by atoms with Gasteiger partial charge in [-0.1, -0.05) is 18.2 Å². The number of nitrogens with one attached hydrogen (secondary N) is 1. The number of rotatable bonds is 7. The topological polar surface area (TPSA) is 79.3 Å². The van der Waals surface area contributed by atoms with Gasteiger partial charge in [-0.25, -0.2) is 0 Å². The van der Waals surface area contributed by atoms with Gasteiger partial charge in [0.2, 0.25) is 0 Å². The fraction of sp³-hybridized carbons (Fsp3) is 0.417. The van der Waals surface area contributed by atoms with Crippen molar-refractivity contribution in [1.29, 1.82) is 5.41 Å². The summed E-state index contributed by atoms with van der Waals surface area (Å²) in [5.74, 6) is 0.993. The van der Waals surface area contributed by atoms with Crippen LogP contribution in [0.2, 0.25) is 0 Å². The van der Waals surface area contributed by atoms with Crippen molar-refractivity contribution in [2.45, 2.75) is 19.3 Å². The number of para-hydroxylation sites is 1. The molecule has 1 rings (SSSR count). The largest absolute Gasteiger partial charge is 0.493 e. The van der Waals surface area contributed by atoms with Crippen LogP contribution in [0, 0.1) is 5.41 Å². The van der Waals surface area contributed by atoms with Crippen molar-refractivity contribution in [3.05, 3.63) is 29.8 Å². The van der Waals surface area contributed by atoms with E-state index >= 15 is 0 Å². The molecule has 0 aromatic heterocycles. The van der Waals surface area contributed by atoms with Crippen molar-refractivity contribution in [3.8, 4) is 5.75 Å². The van der Waals surface area contributed by atoms with Crippen LogP contribution in [0.4, 0.5) is 0 Å². The summed E-state index contributed by atoms with van der Waals surface area (Å²) in [5, 5.41) is 16.0. The third-order valence-electron chi connectivity index (χ3n) is 2.20. The number of aliphatic hydroxyl groups is 1. The van der Waals surface area contributed by atoms with E-state index in [0.29, 0.717) is 19.4 Å². The molecule has 0 fully saturated rings. The van der Waals surface area contributed by atoms with Crippen molar-refractivity contribution < 1.29 is 9.84 Å². The Bertz CT molecular complexity index is 340. The fourth-order valence-electron chi connectivity index (χ4n) is 1.42. The highest BCUT2D eigenvalue weighted by Crippen LogP contribution is 2.18. The summed E-state index contributed by atoms with van der Waals surface area (Å²) in [4.78, 5) is 0. The summed E-state index contributed by atoms with van der Waals surface area (Å²) in [6.07, 6.45) is 1.90. The highest BCUT2D eigenvalue weighted by molar-refractivity contribution is 5.76. The molecular weight excluding hydrogens is 204 g/mol. The second-order valence-corrected chi connectivity index (χ2v) is 3.56. The first-order chi connectivity index (χ1) is 7.74. The van der Waals surface area contributed by atoms with Crippen LogP contribution in [0.5, 0.6) is 5.75 Å². The van der Waals surface area contributed by atoms with Crippen molar-refractivity contribution in [2.24, 2.45) is 5.73 Å². The van der Waals surface area contributed by atoms with E-state index in [9.17, 15) is 0 Å². The molecule has 0 atom stereocenters. The molecule has 0 amide bonds. The van der Waals surface area contributed by atoms with Crippen molar-refractivity contribution in [1.82, 2.24) is 0 Å². The van der Waals surface area contributed by atoms with Crippen LogP contribution in [0.15, 0.2) is 24.3 Å². The molecule has 0 unspecified atom stereocenters. The van der Waals surface area contributed by atoms with E-state index < -0.39 is 0 Å². The molecule has 16 heavy (non-hydrogen) atoms. The average molecular weight is 222 g/mol. The SMILES string of the molecule is N=C(N)CCCOc1ccccc1CCO. The second-order valence-electron chi connectivity index (χ2n) is 3.56.